The van der Waals surface area contributed by atoms with Crippen molar-refractivity contribution in [2.75, 3.05) is 50.0 Å². The first-order valence-corrected chi connectivity index (χ1v) is 11.5. The van der Waals surface area contributed by atoms with E-state index in [0.29, 0.717) is 0 Å². The number of hydrogen-bond acceptors (Lipinski definition) is 6. The zero-order chi connectivity index (χ0) is 20.2. The van der Waals surface area contributed by atoms with Gasteiger partial charge in [-0.25, -0.2) is 9.97 Å². The topological polar surface area (TPSA) is 44.3 Å². The van der Waals surface area contributed by atoms with Crippen molar-refractivity contribution in [1.29, 1.82) is 0 Å². The molecular formula is C23H31N5S. The van der Waals surface area contributed by atoms with Crippen LogP contribution in [0.4, 0.5) is 11.5 Å². The molecule has 5 nitrogen and oxygen atoms in total. The average Bonchev–Trinajstić information content (AvgIpc) is 3.12. The second kappa shape index (κ2) is 9.09. The largest absolute Gasteiger partial charge is 0.369 e. The summed E-state index contributed by atoms with van der Waals surface area (Å²) in [7, 11) is 2.20. The normalized spacial score (nSPS) is 15.2. The van der Waals surface area contributed by atoms with Crippen LogP contribution in [0, 0.1) is 6.92 Å². The lowest BCUT2D eigenvalue weighted by molar-refractivity contribution is 0.313. The summed E-state index contributed by atoms with van der Waals surface area (Å²) in [6, 6.07) is 11.3. The summed E-state index contributed by atoms with van der Waals surface area (Å²) in [6.45, 7) is 9.69. The van der Waals surface area contributed by atoms with Gasteiger partial charge in [-0.3, -0.25) is 0 Å². The van der Waals surface area contributed by atoms with Gasteiger partial charge in [-0.2, -0.15) is 0 Å². The van der Waals surface area contributed by atoms with E-state index in [2.05, 4.69) is 71.3 Å². The minimum atomic E-state index is 0.862. The van der Waals surface area contributed by atoms with E-state index in [-0.39, 0.29) is 0 Å². The second-order valence-corrected chi connectivity index (χ2v) is 9.14. The van der Waals surface area contributed by atoms with Crippen LogP contribution < -0.4 is 10.2 Å². The van der Waals surface area contributed by atoms with E-state index in [4.69, 9.17) is 4.98 Å². The van der Waals surface area contributed by atoms with Gasteiger partial charge < -0.3 is 15.1 Å². The maximum absolute atomic E-state index is 4.72. The zero-order valence-corrected chi connectivity index (χ0v) is 18.6. The van der Waals surface area contributed by atoms with E-state index >= 15 is 0 Å². The Morgan fingerprint density at radius 1 is 1.07 bits per heavy atom. The molecule has 6 heteroatoms. The van der Waals surface area contributed by atoms with Crippen LogP contribution in [0.2, 0.25) is 0 Å². The quantitative estimate of drug-likeness (QED) is 0.588. The van der Waals surface area contributed by atoms with E-state index in [0.717, 1.165) is 73.8 Å². The van der Waals surface area contributed by atoms with Gasteiger partial charge in [-0.15, -0.1) is 11.3 Å². The van der Waals surface area contributed by atoms with Crippen LogP contribution in [0.5, 0.6) is 0 Å². The fraction of sp³-hybridized carbons (Fsp3) is 0.478. The van der Waals surface area contributed by atoms with E-state index < -0.39 is 0 Å². The Bertz CT molecular complexity index is 942. The molecular weight excluding hydrogens is 378 g/mol. The van der Waals surface area contributed by atoms with Crippen molar-refractivity contribution in [3.63, 3.8) is 0 Å². The standard InChI is InChI=1S/C23H31N5S/c1-4-21-25-22(20-16-17(2)29-23(20)26-21)24-11-5-6-18-7-9-19(10-8-18)28-14-12-27(3)13-15-28/h7-10,16H,4-6,11-15H2,1-3H3,(H,24,25,26). The number of likely N-dealkylation sites (N-methyl/N-ethyl adjacent to an activating group) is 1. The van der Waals surface area contributed by atoms with Crippen LogP contribution in [0.15, 0.2) is 30.3 Å². The average molecular weight is 410 g/mol. The maximum atomic E-state index is 4.72. The molecule has 1 N–H and O–H groups in total. The Labute approximate surface area is 177 Å². The molecule has 0 saturated carbocycles. The van der Waals surface area contributed by atoms with Crippen molar-refractivity contribution in [2.45, 2.75) is 33.1 Å². The minimum Gasteiger partial charge on any atom is -0.369 e. The third-order valence-electron chi connectivity index (χ3n) is 5.62. The molecule has 2 aromatic heterocycles. The number of nitrogens with one attached hydrogen (secondary N) is 1. The first-order valence-electron chi connectivity index (χ1n) is 10.7. The van der Waals surface area contributed by atoms with Gasteiger partial charge in [0, 0.05) is 49.7 Å². The van der Waals surface area contributed by atoms with Gasteiger partial charge in [0.2, 0.25) is 0 Å². The molecule has 1 aliphatic heterocycles. The Balaban J connectivity index is 1.31. The lowest BCUT2D eigenvalue weighted by atomic mass is 10.1. The van der Waals surface area contributed by atoms with Crippen molar-refractivity contribution in [2.24, 2.45) is 0 Å². The van der Waals surface area contributed by atoms with Crippen LogP contribution in [-0.4, -0.2) is 54.6 Å². The Hall–Kier alpha value is -2.18. The fourth-order valence-corrected chi connectivity index (χ4v) is 4.71. The second-order valence-electron chi connectivity index (χ2n) is 7.90. The highest BCUT2D eigenvalue weighted by Crippen LogP contribution is 2.28. The van der Waals surface area contributed by atoms with Crippen molar-refractivity contribution in [3.8, 4) is 0 Å². The summed E-state index contributed by atoms with van der Waals surface area (Å²) in [5, 5.41) is 4.71. The number of aromatic nitrogens is 2. The fourth-order valence-electron chi connectivity index (χ4n) is 3.82. The number of benzene rings is 1. The van der Waals surface area contributed by atoms with Gasteiger partial charge in [0.05, 0.1) is 5.39 Å². The smallest absolute Gasteiger partial charge is 0.138 e. The van der Waals surface area contributed by atoms with Crippen LogP contribution >= 0.6 is 11.3 Å². The van der Waals surface area contributed by atoms with E-state index in [1.165, 1.54) is 16.1 Å². The van der Waals surface area contributed by atoms with E-state index in [1.54, 1.807) is 11.3 Å². The summed E-state index contributed by atoms with van der Waals surface area (Å²) in [5.41, 5.74) is 2.75. The molecule has 0 aliphatic carbocycles. The van der Waals surface area contributed by atoms with E-state index in [9.17, 15) is 0 Å². The Morgan fingerprint density at radius 2 is 1.83 bits per heavy atom. The first-order chi connectivity index (χ1) is 14.1. The summed E-state index contributed by atoms with van der Waals surface area (Å²) < 4.78 is 0. The minimum absolute atomic E-state index is 0.862. The van der Waals surface area contributed by atoms with Crippen molar-refractivity contribution in [1.82, 2.24) is 14.9 Å². The number of piperazine rings is 1. The monoisotopic (exact) mass is 409 g/mol. The highest BCUT2D eigenvalue weighted by molar-refractivity contribution is 7.18. The number of rotatable bonds is 7. The molecule has 1 saturated heterocycles. The molecule has 0 bridgehead atoms. The predicted octanol–water partition coefficient (Wildman–Crippen LogP) is 4.36. The first kappa shape index (κ1) is 20.1. The summed E-state index contributed by atoms with van der Waals surface area (Å²) in [5.74, 6) is 1.91. The van der Waals surface area contributed by atoms with Gasteiger partial charge in [-0.05, 0) is 50.6 Å². The molecule has 0 unspecified atom stereocenters. The van der Waals surface area contributed by atoms with Gasteiger partial charge in [-0.1, -0.05) is 19.1 Å². The molecule has 0 spiro atoms. The summed E-state index contributed by atoms with van der Waals surface area (Å²) in [6.07, 6.45) is 3.03. The van der Waals surface area contributed by atoms with Crippen LogP contribution in [0.1, 0.15) is 29.6 Å². The number of anilines is 2. The number of aryl methyl sites for hydroxylation is 3. The lowest BCUT2D eigenvalue weighted by Crippen LogP contribution is -2.44. The van der Waals surface area contributed by atoms with Gasteiger partial charge >= 0.3 is 0 Å². The molecule has 29 heavy (non-hydrogen) atoms. The Morgan fingerprint density at radius 3 is 2.55 bits per heavy atom. The van der Waals surface area contributed by atoms with Crippen molar-refractivity contribution in [3.05, 3.63) is 46.6 Å². The molecule has 3 aromatic rings. The number of thiophene rings is 1. The van der Waals surface area contributed by atoms with Crippen molar-refractivity contribution < 1.29 is 0 Å². The van der Waals surface area contributed by atoms with E-state index in [1.807, 2.05) is 0 Å². The number of hydrogen-bond donors (Lipinski definition) is 1. The molecule has 0 atom stereocenters. The maximum Gasteiger partial charge on any atom is 0.138 e. The number of nitrogens with zero attached hydrogens (tertiary/aromatic N) is 4. The molecule has 1 aromatic carbocycles. The molecule has 154 valence electrons. The molecule has 0 radical (unpaired) electrons. The molecule has 1 fully saturated rings. The SMILES string of the molecule is CCc1nc(NCCCc2ccc(N3CCN(C)CC3)cc2)c2cc(C)sc2n1. The predicted molar refractivity (Wildman–Crippen MR) is 124 cm³/mol. The molecule has 0 amide bonds. The van der Waals surface area contributed by atoms with Gasteiger partial charge in [0.15, 0.2) is 0 Å². The summed E-state index contributed by atoms with van der Waals surface area (Å²) >= 11 is 1.75. The summed E-state index contributed by atoms with van der Waals surface area (Å²) in [4.78, 5) is 16.6. The lowest BCUT2D eigenvalue weighted by Gasteiger charge is -2.34. The molecule has 4 rings (SSSR count). The van der Waals surface area contributed by atoms with Gasteiger partial charge in [0.25, 0.3) is 0 Å². The van der Waals surface area contributed by atoms with Crippen LogP contribution in [-0.2, 0) is 12.8 Å². The molecule has 3 heterocycles. The third kappa shape index (κ3) is 4.87. The molecule has 1 aliphatic rings. The third-order valence-corrected chi connectivity index (χ3v) is 6.56. The van der Waals surface area contributed by atoms with Crippen LogP contribution in [0.25, 0.3) is 10.2 Å². The highest BCUT2D eigenvalue weighted by Gasteiger charge is 2.14. The van der Waals surface area contributed by atoms with Gasteiger partial charge in [0.1, 0.15) is 16.5 Å². The van der Waals surface area contributed by atoms with Crippen LogP contribution in [0.3, 0.4) is 0 Å². The zero-order valence-electron chi connectivity index (χ0n) is 17.7. The Kier molecular flexibility index (Phi) is 6.31. The highest BCUT2D eigenvalue weighted by atomic mass is 32.1. The van der Waals surface area contributed by atoms with Crippen molar-refractivity contribution >= 4 is 33.1 Å². The number of fused-ring (bicyclic) bond motifs is 1.